The van der Waals surface area contributed by atoms with Crippen LogP contribution in [0.15, 0.2) is 47.5 Å². The van der Waals surface area contributed by atoms with E-state index in [4.69, 9.17) is 14.2 Å². The van der Waals surface area contributed by atoms with Crippen LogP contribution in [-0.2, 0) is 6.54 Å². The number of methoxy groups -OCH3 is 2. The van der Waals surface area contributed by atoms with Crippen LogP contribution in [0.25, 0.3) is 0 Å². The van der Waals surface area contributed by atoms with Crippen LogP contribution in [-0.4, -0.2) is 53.0 Å². The first-order valence-electron chi connectivity index (χ1n) is 10.8. The van der Waals surface area contributed by atoms with Crippen molar-refractivity contribution in [1.29, 1.82) is 0 Å². The highest BCUT2D eigenvalue weighted by Crippen LogP contribution is 2.28. The second kappa shape index (κ2) is 13.2. The standard InChI is InChI=1S/C24H34N4O3.HI/c1-5-31-23-14-18(11-12-22(23)30-4)16-26-24(25-2)27-19-8-7-13-28(17-19)20-9-6-10-21(15-20)29-3;/h6,9-12,14-15,19H,5,7-8,13,16-17H2,1-4H3,(H2,25,26,27);1H. The van der Waals surface area contributed by atoms with Gasteiger partial charge in [-0.05, 0) is 49.6 Å². The average Bonchev–Trinajstić information content (AvgIpc) is 2.82. The van der Waals surface area contributed by atoms with Gasteiger partial charge in [-0.25, -0.2) is 0 Å². The van der Waals surface area contributed by atoms with E-state index >= 15 is 0 Å². The van der Waals surface area contributed by atoms with E-state index in [1.807, 2.05) is 37.3 Å². The Hall–Kier alpha value is -2.36. The predicted octanol–water partition coefficient (Wildman–Crippen LogP) is 4.05. The molecule has 0 spiro atoms. The number of piperidine rings is 1. The smallest absolute Gasteiger partial charge is 0.191 e. The zero-order valence-electron chi connectivity index (χ0n) is 19.4. The number of halogens is 1. The molecule has 1 saturated heterocycles. The Balaban J connectivity index is 0.00000363. The van der Waals surface area contributed by atoms with Gasteiger partial charge >= 0.3 is 0 Å². The molecule has 2 aromatic carbocycles. The van der Waals surface area contributed by atoms with Crippen LogP contribution in [0, 0.1) is 0 Å². The first-order chi connectivity index (χ1) is 15.2. The SMILES string of the molecule is CCOc1cc(CNC(=NC)NC2CCCN(c3cccc(OC)c3)C2)ccc1OC.I. The highest BCUT2D eigenvalue weighted by molar-refractivity contribution is 14.0. The first kappa shape index (κ1) is 25.9. The van der Waals surface area contributed by atoms with Gasteiger partial charge in [0.25, 0.3) is 0 Å². The van der Waals surface area contributed by atoms with E-state index in [9.17, 15) is 0 Å². The number of ether oxygens (including phenoxy) is 3. The summed E-state index contributed by atoms with van der Waals surface area (Å²) in [6, 6.07) is 14.5. The summed E-state index contributed by atoms with van der Waals surface area (Å²) in [5, 5.41) is 6.99. The lowest BCUT2D eigenvalue weighted by Gasteiger charge is -2.35. The Labute approximate surface area is 208 Å². The summed E-state index contributed by atoms with van der Waals surface area (Å²) in [5.74, 6) is 3.18. The van der Waals surface area contributed by atoms with E-state index in [2.05, 4.69) is 32.7 Å². The molecule has 176 valence electrons. The molecule has 0 aliphatic carbocycles. The molecule has 1 atom stereocenters. The Morgan fingerprint density at radius 2 is 1.97 bits per heavy atom. The van der Waals surface area contributed by atoms with Crippen LogP contribution in [0.4, 0.5) is 5.69 Å². The topological polar surface area (TPSA) is 67.4 Å². The third kappa shape index (κ3) is 7.08. The highest BCUT2D eigenvalue weighted by Gasteiger charge is 2.21. The van der Waals surface area contributed by atoms with E-state index in [1.54, 1.807) is 21.3 Å². The van der Waals surface area contributed by atoms with Gasteiger partial charge in [-0.1, -0.05) is 12.1 Å². The van der Waals surface area contributed by atoms with E-state index in [0.717, 1.165) is 54.7 Å². The van der Waals surface area contributed by atoms with Crippen LogP contribution in [0.2, 0.25) is 0 Å². The minimum Gasteiger partial charge on any atom is -0.497 e. The van der Waals surface area contributed by atoms with Crippen molar-refractivity contribution in [2.24, 2.45) is 4.99 Å². The molecule has 0 radical (unpaired) electrons. The van der Waals surface area contributed by atoms with Crippen LogP contribution in [0.3, 0.4) is 0 Å². The second-order valence-corrected chi connectivity index (χ2v) is 7.47. The fourth-order valence-electron chi connectivity index (χ4n) is 3.81. The molecule has 8 heteroatoms. The molecule has 32 heavy (non-hydrogen) atoms. The van der Waals surface area contributed by atoms with Crippen molar-refractivity contribution >= 4 is 35.6 Å². The molecule has 2 N–H and O–H groups in total. The van der Waals surface area contributed by atoms with Gasteiger partial charge in [0.2, 0.25) is 0 Å². The molecule has 1 heterocycles. The lowest BCUT2D eigenvalue weighted by atomic mass is 10.0. The van der Waals surface area contributed by atoms with Crippen molar-refractivity contribution in [1.82, 2.24) is 10.6 Å². The van der Waals surface area contributed by atoms with Gasteiger partial charge in [0, 0.05) is 44.5 Å². The summed E-state index contributed by atoms with van der Waals surface area (Å²) >= 11 is 0. The fourth-order valence-corrected chi connectivity index (χ4v) is 3.81. The number of benzene rings is 2. The lowest BCUT2D eigenvalue weighted by Crippen LogP contribution is -2.51. The summed E-state index contributed by atoms with van der Waals surface area (Å²) < 4.78 is 16.4. The van der Waals surface area contributed by atoms with Gasteiger partial charge in [-0.3, -0.25) is 4.99 Å². The summed E-state index contributed by atoms with van der Waals surface area (Å²) in [6.07, 6.45) is 2.24. The van der Waals surface area contributed by atoms with E-state index < -0.39 is 0 Å². The molecule has 3 rings (SSSR count). The number of hydrogen-bond acceptors (Lipinski definition) is 5. The van der Waals surface area contributed by atoms with Crippen molar-refractivity contribution in [3.05, 3.63) is 48.0 Å². The largest absolute Gasteiger partial charge is 0.497 e. The Kier molecular flexibility index (Phi) is 10.7. The third-order valence-corrected chi connectivity index (χ3v) is 5.39. The van der Waals surface area contributed by atoms with Gasteiger partial charge in [0.1, 0.15) is 5.75 Å². The molecule has 1 fully saturated rings. The number of hydrogen-bond donors (Lipinski definition) is 2. The maximum Gasteiger partial charge on any atom is 0.191 e. The molecule has 2 aromatic rings. The van der Waals surface area contributed by atoms with Crippen LogP contribution < -0.4 is 29.7 Å². The maximum atomic E-state index is 5.68. The van der Waals surface area contributed by atoms with Crippen molar-refractivity contribution in [2.75, 3.05) is 45.9 Å². The third-order valence-electron chi connectivity index (χ3n) is 5.39. The van der Waals surface area contributed by atoms with Crippen molar-refractivity contribution in [3.8, 4) is 17.2 Å². The minimum absolute atomic E-state index is 0. The normalized spacial score (nSPS) is 16.1. The monoisotopic (exact) mass is 554 g/mol. The minimum atomic E-state index is 0. The van der Waals surface area contributed by atoms with E-state index in [0.29, 0.717) is 19.2 Å². The zero-order valence-corrected chi connectivity index (χ0v) is 21.7. The molecule has 0 saturated carbocycles. The summed E-state index contributed by atoms with van der Waals surface area (Å²) in [5.41, 5.74) is 2.30. The molecule has 0 bridgehead atoms. The molecule has 0 aromatic heterocycles. The van der Waals surface area contributed by atoms with Gasteiger partial charge in [0.15, 0.2) is 17.5 Å². The first-order valence-corrected chi connectivity index (χ1v) is 10.8. The Morgan fingerprint density at radius 1 is 1.12 bits per heavy atom. The zero-order chi connectivity index (χ0) is 22.1. The predicted molar refractivity (Wildman–Crippen MR) is 141 cm³/mol. The van der Waals surface area contributed by atoms with Gasteiger partial charge in [-0.2, -0.15) is 0 Å². The van der Waals surface area contributed by atoms with E-state index in [1.165, 1.54) is 5.69 Å². The van der Waals surface area contributed by atoms with Crippen LogP contribution in [0.1, 0.15) is 25.3 Å². The van der Waals surface area contributed by atoms with Gasteiger partial charge in [0.05, 0.1) is 20.8 Å². The van der Waals surface area contributed by atoms with Crippen LogP contribution >= 0.6 is 24.0 Å². The van der Waals surface area contributed by atoms with E-state index in [-0.39, 0.29) is 24.0 Å². The number of rotatable bonds is 8. The lowest BCUT2D eigenvalue weighted by molar-refractivity contribution is 0.310. The molecule has 1 aliphatic heterocycles. The second-order valence-electron chi connectivity index (χ2n) is 7.47. The maximum absolute atomic E-state index is 5.68. The molecule has 7 nitrogen and oxygen atoms in total. The van der Waals surface area contributed by atoms with Crippen molar-refractivity contribution in [3.63, 3.8) is 0 Å². The van der Waals surface area contributed by atoms with Crippen molar-refractivity contribution < 1.29 is 14.2 Å². The average molecular weight is 554 g/mol. The van der Waals surface area contributed by atoms with Crippen LogP contribution in [0.5, 0.6) is 17.2 Å². The molecular weight excluding hydrogens is 519 g/mol. The molecule has 1 aliphatic rings. The summed E-state index contributed by atoms with van der Waals surface area (Å²) in [4.78, 5) is 6.81. The number of nitrogens with zero attached hydrogens (tertiary/aromatic N) is 2. The summed E-state index contributed by atoms with van der Waals surface area (Å²) in [6.45, 7) is 5.18. The fraction of sp³-hybridized carbons (Fsp3) is 0.458. The van der Waals surface area contributed by atoms with Crippen molar-refractivity contribution in [2.45, 2.75) is 32.4 Å². The van der Waals surface area contributed by atoms with Gasteiger partial charge < -0.3 is 29.7 Å². The number of guanidine groups is 1. The molecular formula is C24H35IN4O3. The Morgan fingerprint density at radius 3 is 2.69 bits per heavy atom. The highest BCUT2D eigenvalue weighted by atomic mass is 127. The number of nitrogens with one attached hydrogen (secondary N) is 2. The summed E-state index contributed by atoms with van der Waals surface area (Å²) in [7, 11) is 5.16. The molecule has 0 amide bonds. The van der Waals surface area contributed by atoms with Gasteiger partial charge in [-0.15, -0.1) is 24.0 Å². The number of aliphatic imine (C=N–C) groups is 1. The number of anilines is 1. The molecule has 1 unspecified atom stereocenters. The Bertz CT molecular complexity index is 878. The quantitative estimate of drug-likeness (QED) is 0.292.